The minimum Gasteiger partial charge on any atom is -0.494 e. The van der Waals surface area contributed by atoms with E-state index < -0.39 is 0 Å². The minimum absolute atomic E-state index is 0.291. The molecule has 1 aliphatic rings. The van der Waals surface area contributed by atoms with Crippen LogP contribution in [0.2, 0.25) is 0 Å². The van der Waals surface area contributed by atoms with Crippen molar-refractivity contribution >= 4 is 34.5 Å². The first-order valence-corrected chi connectivity index (χ1v) is 14.0. The summed E-state index contributed by atoms with van der Waals surface area (Å²) >= 11 is 0. The van der Waals surface area contributed by atoms with Gasteiger partial charge in [-0.15, -0.1) is 0 Å². The number of benzene rings is 2. The average molecular weight is 536 g/mol. The third-order valence-corrected chi connectivity index (χ3v) is 7.66. The Morgan fingerprint density at radius 2 is 1.55 bits per heavy atom. The van der Waals surface area contributed by atoms with E-state index in [0.29, 0.717) is 23.4 Å². The van der Waals surface area contributed by atoms with Gasteiger partial charge < -0.3 is 13.9 Å². The van der Waals surface area contributed by atoms with Gasteiger partial charge in [0.25, 0.3) is 11.8 Å². The molecular formula is C34H37N3O3. The zero-order valence-corrected chi connectivity index (χ0v) is 23.8. The summed E-state index contributed by atoms with van der Waals surface area (Å²) in [7, 11) is 1.99. The number of amides is 2. The van der Waals surface area contributed by atoms with E-state index in [9.17, 15) is 9.59 Å². The fourth-order valence-corrected chi connectivity index (χ4v) is 5.49. The normalized spacial score (nSPS) is 14.7. The van der Waals surface area contributed by atoms with Crippen molar-refractivity contribution in [3.05, 3.63) is 101 Å². The summed E-state index contributed by atoms with van der Waals surface area (Å²) in [5.74, 6) is 0.139. The second-order valence-corrected chi connectivity index (χ2v) is 10.6. The molecule has 5 rings (SSSR count). The van der Waals surface area contributed by atoms with Gasteiger partial charge in [0.15, 0.2) is 0 Å². The quantitative estimate of drug-likeness (QED) is 0.122. The maximum Gasteiger partial charge on any atom is 0.266 e. The van der Waals surface area contributed by atoms with Crippen LogP contribution in [0.25, 0.3) is 17.0 Å². The minimum atomic E-state index is -0.306. The highest BCUT2D eigenvalue weighted by atomic mass is 16.5. The molecule has 3 heterocycles. The molecule has 6 nitrogen and oxygen atoms in total. The lowest BCUT2D eigenvalue weighted by atomic mass is 10.0. The highest BCUT2D eigenvalue weighted by Crippen LogP contribution is 2.35. The molecule has 0 radical (unpaired) electrons. The number of anilines is 1. The number of hydrogen-bond donors (Lipinski definition) is 0. The summed E-state index contributed by atoms with van der Waals surface area (Å²) in [5, 5.41) is 1.14. The highest BCUT2D eigenvalue weighted by Gasteiger charge is 2.40. The van der Waals surface area contributed by atoms with Crippen LogP contribution in [0.1, 0.15) is 50.8 Å². The van der Waals surface area contributed by atoms with Crippen LogP contribution in [-0.4, -0.2) is 27.6 Å². The Hall–Kier alpha value is -4.32. The standard InChI is InChI=1S/C34H37N3O3/c1-24(2)32-29(23-31-25(3)28-13-7-8-14-30(28)35(31)4)33(38)37(34(32)39)26-15-17-27(18-16-26)40-22-12-6-5-9-19-36-20-10-11-21-36/h7-8,10-11,13-18,20-21,23H,5-6,9,12,19,22H2,1-4H3/b29-23+. The summed E-state index contributed by atoms with van der Waals surface area (Å²) in [6, 6.07) is 19.5. The molecule has 0 saturated carbocycles. The first-order chi connectivity index (χ1) is 19.4. The first-order valence-electron chi connectivity index (χ1n) is 14.0. The third-order valence-electron chi connectivity index (χ3n) is 7.66. The predicted octanol–water partition coefficient (Wildman–Crippen LogP) is 7.22. The second kappa shape index (κ2) is 11.8. The highest BCUT2D eigenvalue weighted by molar-refractivity contribution is 6.38. The Balaban J connectivity index is 1.26. The van der Waals surface area contributed by atoms with Gasteiger partial charge in [0.05, 0.1) is 23.4 Å². The molecule has 6 heteroatoms. The first kappa shape index (κ1) is 27.3. The van der Waals surface area contributed by atoms with Crippen molar-refractivity contribution in [2.45, 2.75) is 53.0 Å². The van der Waals surface area contributed by atoms with Crippen LogP contribution < -0.4 is 9.64 Å². The molecule has 0 unspecified atom stereocenters. The van der Waals surface area contributed by atoms with E-state index in [0.717, 1.165) is 59.3 Å². The van der Waals surface area contributed by atoms with Crippen molar-refractivity contribution < 1.29 is 14.3 Å². The van der Waals surface area contributed by atoms with Gasteiger partial charge in [-0.05, 0) is 87.7 Å². The summed E-state index contributed by atoms with van der Waals surface area (Å²) in [6.07, 6.45) is 10.5. The maximum absolute atomic E-state index is 13.7. The van der Waals surface area contributed by atoms with Crippen LogP contribution in [0.3, 0.4) is 0 Å². The van der Waals surface area contributed by atoms with E-state index >= 15 is 0 Å². The number of rotatable bonds is 10. The Kier molecular flexibility index (Phi) is 8.06. The fourth-order valence-electron chi connectivity index (χ4n) is 5.49. The molecule has 206 valence electrons. The monoisotopic (exact) mass is 535 g/mol. The summed E-state index contributed by atoms with van der Waals surface area (Å²) in [6.45, 7) is 7.51. The number of aryl methyl sites for hydroxylation is 3. The number of ether oxygens (including phenoxy) is 1. The molecular weight excluding hydrogens is 498 g/mol. The summed E-state index contributed by atoms with van der Waals surface area (Å²) in [4.78, 5) is 28.5. The molecule has 0 atom stereocenters. The van der Waals surface area contributed by atoms with Gasteiger partial charge in [-0.2, -0.15) is 0 Å². The zero-order chi connectivity index (χ0) is 28.2. The van der Waals surface area contributed by atoms with E-state index in [2.05, 4.69) is 52.7 Å². The van der Waals surface area contributed by atoms with Crippen molar-refractivity contribution in [3.8, 4) is 5.75 Å². The lowest BCUT2D eigenvalue weighted by Crippen LogP contribution is -2.29. The maximum atomic E-state index is 13.7. The van der Waals surface area contributed by atoms with Gasteiger partial charge in [0.2, 0.25) is 0 Å². The van der Waals surface area contributed by atoms with Gasteiger partial charge in [-0.25, -0.2) is 4.90 Å². The van der Waals surface area contributed by atoms with Crippen molar-refractivity contribution in [1.82, 2.24) is 9.13 Å². The van der Waals surface area contributed by atoms with Gasteiger partial charge in [0, 0.05) is 42.6 Å². The Labute approximate surface area is 236 Å². The molecule has 1 aliphatic heterocycles. The third kappa shape index (κ3) is 5.39. The number of carbonyl (C=O) groups excluding carboxylic acids is 2. The number of allylic oxidation sites excluding steroid dienone is 1. The van der Waals surface area contributed by atoms with Crippen LogP contribution in [0.4, 0.5) is 5.69 Å². The molecule has 2 aromatic heterocycles. The van der Waals surface area contributed by atoms with Crippen molar-refractivity contribution in [3.63, 3.8) is 0 Å². The Morgan fingerprint density at radius 3 is 2.25 bits per heavy atom. The molecule has 2 aromatic carbocycles. The number of para-hydroxylation sites is 1. The van der Waals surface area contributed by atoms with Gasteiger partial charge in [-0.1, -0.05) is 36.6 Å². The molecule has 4 aromatic rings. The van der Waals surface area contributed by atoms with Gasteiger partial charge in [-0.3, -0.25) is 9.59 Å². The largest absolute Gasteiger partial charge is 0.494 e. The Morgan fingerprint density at radius 1 is 0.850 bits per heavy atom. The van der Waals surface area contributed by atoms with E-state index in [1.807, 2.05) is 51.2 Å². The smallest absolute Gasteiger partial charge is 0.266 e. The van der Waals surface area contributed by atoms with Crippen LogP contribution in [-0.2, 0) is 23.2 Å². The Bertz CT molecular complexity index is 1540. The lowest BCUT2D eigenvalue weighted by molar-refractivity contribution is -0.119. The van der Waals surface area contributed by atoms with Crippen LogP contribution in [0, 0.1) is 6.92 Å². The zero-order valence-electron chi connectivity index (χ0n) is 23.8. The number of unbranched alkanes of at least 4 members (excludes halogenated alkanes) is 3. The van der Waals surface area contributed by atoms with Crippen LogP contribution in [0.15, 0.2) is 89.8 Å². The summed E-state index contributed by atoms with van der Waals surface area (Å²) < 4.78 is 10.2. The van der Waals surface area contributed by atoms with E-state index in [-0.39, 0.29) is 11.8 Å². The van der Waals surface area contributed by atoms with Crippen LogP contribution >= 0.6 is 0 Å². The van der Waals surface area contributed by atoms with Crippen molar-refractivity contribution in [2.24, 2.45) is 7.05 Å². The molecule has 1 fully saturated rings. The van der Waals surface area contributed by atoms with E-state index in [1.165, 1.54) is 11.3 Å². The average Bonchev–Trinajstić information content (AvgIpc) is 3.62. The lowest BCUT2D eigenvalue weighted by Gasteiger charge is -2.14. The predicted molar refractivity (Wildman–Crippen MR) is 161 cm³/mol. The molecule has 40 heavy (non-hydrogen) atoms. The van der Waals surface area contributed by atoms with Crippen LogP contribution in [0.5, 0.6) is 5.75 Å². The topological polar surface area (TPSA) is 56.5 Å². The number of hydrogen-bond acceptors (Lipinski definition) is 3. The molecule has 1 saturated heterocycles. The number of aromatic nitrogens is 2. The van der Waals surface area contributed by atoms with E-state index in [4.69, 9.17) is 4.74 Å². The molecule has 0 bridgehead atoms. The second-order valence-electron chi connectivity index (χ2n) is 10.6. The number of fused-ring (bicyclic) bond motifs is 1. The number of carbonyl (C=O) groups is 2. The molecule has 2 amide bonds. The van der Waals surface area contributed by atoms with Gasteiger partial charge in [0.1, 0.15) is 5.75 Å². The molecule has 0 N–H and O–H groups in total. The summed E-state index contributed by atoms with van der Waals surface area (Å²) in [5.41, 5.74) is 5.35. The SMILES string of the molecule is CC(C)=C1C(=O)N(c2ccc(OCCCCCCn3cccc3)cc2)C(=O)/C1=C/c1c(C)c2ccccc2n1C. The fraction of sp³-hybridized carbons (Fsp3) is 0.294. The number of nitrogens with zero attached hydrogens (tertiary/aromatic N) is 3. The van der Waals surface area contributed by atoms with Crippen molar-refractivity contribution in [1.29, 1.82) is 0 Å². The molecule has 0 aliphatic carbocycles. The van der Waals surface area contributed by atoms with Gasteiger partial charge >= 0.3 is 0 Å². The van der Waals surface area contributed by atoms with Crippen molar-refractivity contribution in [2.75, 3.05) is 11.5 Å². The number of imide groups is 1. The molecule has 0 spiro atoms. The van der Waals surface area contributed by atoms with E-state index in [1.54, 1.807) is 12.1 Å².